The largest absolute Gasteiger partial charge is 0.435 e. The molecule has 1 heterocycles. The van der Waals surface area contributed by atoms with E-state index in [2.05, 4.69) is 76.8 Å². The highest BCUT2D eigenvalue weighted by Crippen LogP contribution is 2.39. The Morgan fingerprint density at radius 1 is 1.08 bits per heavy atom. The molecule has 1 aliphatic carbocycles. The van der Waals surface area contributed by atoms with Gasteiger partial charge in [-0.2, -0.15) is 8.78 Å². The highest BCUT2D eigenvalue weighted by molar-refractivity contribution is 7.99. The zero-order chi connectivity index (χ0) is 26.6. The van der Waals surface area contributed by atoms with Crippen LogP contribution in [0.4, 0.5) is 14.5 Å². The summed E-state index contributed by atoms with van der Waals surface area (Å²) in [6.07, 6.45) is 4.59. The van der Waals surface area contributed by atoms with Crippen molar-refractivity contribution in [1.82, 2.24) is 14.8 Å². The number of hydrogen-bond acceptors (Lipinski definition) is 5. The van der Waals surface area contributed by atoms with E-state index in [1.807, 2.05) is 0 Å². The third-order valence-electron chi connectivity index (χ3n) is 6.77. The number of alkyl halides is 2. The highest BCUT2D eigenvalue weighted by Gasteiger charge is 2.29. The van der Waals surface area contributed by atoms with Crippen molar-refractivity contribution in [3.05, 3.63) is 54.1 Å². The van der Waals surface area contributed by atoms with Gasteiger partial charge < -0.3 is 10.1 Å². The fourth-order valence-corrected chi connectivity index (χ4v) is 5.51. The van der Waals surface area contributed by atoms with E-state index in [1.165, 1.54) is 48.0 Å². The Morgan fingerprint density at radius 3 is 2.38 bits per heavy atom. The Balaban J connectivity index is 1.51. The van der Waals surface area contributed by atoms with Crippen molar-refractivity contribution in [2.45, 2.75) is 76.6 Å². The monoisotopic (exact) mass is 528 g/mol. The van der Waals surface area contributed by atoms with E-state index in [1.54, 1.807) is 0 Å². The molecule has 6 nitrogen and oxygen atoms in total. The van der Waals surface area contributed by atoms with Crippen molar-refractivity contribution in [1.29, 1.82) is 0 Å². The first-order valence-electron chi connectivity index (χ1n) is 12.6. The highest BCUT2D eigenvalue weighted by atomic mass is 32.2. The van der Waals surface area contributed by atoms with Crippen LogP contribution >= 0.6 is 11.8 Å². The molecule has 9 heteroatoms. The third kappa shape index (κ3) is 6.89. The maximum atomic E-state index is 12.7. The van der Waals surface area contributed by atoms with Crippen molar-refractivity contribution >= 4 is 23.4 Å². The van der Waals surface area contributed by atoms with Gasteiger partial charge in [0.05, 0.1) is 5.75 Å². The second-order valence-corrected chi connectivity index (χ2v) is 11.5. The zero-order valence-corrected chi connectivity index (χ0v) is 22.5. The minimum absolute atomic E-state index is 0.0418. The summed E-state index contributed by atoms with van der Waals surface area (Å²) in [6, 6.07) is 14.6. The van der Waals surface area contributed by atoms with Crippen molar-refractivity contribution in [3.8, 4) is 17.1 Å². The van der Waals surface area contributed by atoms with Crippen LogP contribution in [0.15, 0.2) is 53.7 Å². The SMILES string of the molecule is C[C@H]1CCCC[C@@H]1n1c(SCC(=O)Nc2ccc(OC(F)F)cc2)nnc1-c1ccc(C(C)(C)C)cc1. The van der Waals surface area contributed by atoms with Crippen LogP contribution < -0.4 is 10.1 Å². The lowest BCUT2D eigenvalue weighted by atomic mass is 9.85. The Hall–Kier alpha value is -2.94. The lowest BCUT2D eigenvalue weighted by Crippen LogP contribution is -2.23. The molecule has 0 saturated heterocycles. The summed E-state index contributed by atoms with van der Waals surface area (Å²) in [6.45, 7) is 5.97. The predicted molar refractivity (Wildman–Crippen MR) is 143 cm³/mol. The number of benzene rings is 2. The molecule has 1 aromatic heterocycles. The number of carbonyl (C=O) groups excluding carboxylic acids is 1. The standard InChI is InChI=1S/C28H34F2N4O2S/c1-18-7-5-6-8-23(18)34-25(19-9-11-20(12-10-19)28(2,3)4)32-33-27(34)37-17-24(35)31-21-13-15-22(16-14-21)36-26(29)30/h9-16,18,23,26H,5-8,17H2,1-4H3,(H,31,35)/t18-,23-/m0/s1. The number of ether oxygens (including phenoxy) is 1. The van der Waals surface area contributed by atoms with Gasteiger partial charge in [0.25, 0.3) is 0 Å². The number of thioether (sulfide) groups is 1. The summed E-state index contributed by atoms with van der Waals surface area (Å²) >= 11 is 1.36. The average molecular weight is 529 g/mol. The van der Waals surface area contributed by atoms with Crippen LogP contribution in [0.1, 0.15) is 65.0 Å². The molecule has 1 saturated carbocycles. The van der Waals surface area contributed by atoms with E-state index in [0.717, 1.165) is 35.8 Å². The van der Waals surface area contributed by atoms with Crippen LogP contribution in [0.5, 0.6) is 5.75 Å². The van der Waals surface area contributed by atoms with E-state index in [4.69, 9.17) is 0 Å². The van der Waals surface area contributed by atoms with Crippen molar-refractivity contribution in [2.24, 2.45) is 5.92 Å². The van der Waals surface area contributed by atoms with Gasteiger partial charge in [0.2, 0.25) is 5.91 Å². The summed E-state index contributed by atoms with van der Waals surface area (Å²) < 4.78 is 31.3. The fraction of sp³-hybridized carbons (Fsp3) is 0.464. The van der Waals surface area contributed by atoms with E-state index in [9.17, 15) is 13.6 Å². The molecule has 198 valence electrons. The second-order valence-electron chi connectivity index (χ2n) is 10.6. The molecule has 0 bridgehead atoms. The van der Waals surface area contributed by atoms with Gasteiger partial charge in [0, 0.05) is 17.3 Å². The Kier molecular flexibility index (Phi) is 8.52. The molecule has 1 N–H and O–H groups in total. The van der Waals surface area contributed by atoms with Gasteiger partial charge in [0.1, 0.15) is 5.75 Å². The van der Waals surface area contributed by atoms with E-state index in [0.29, 0.717) is 11.6 Å². The molecule has 0 radical (unpaired) electrons. The first-order chi connectivity index (χ1) is 17.6. The van der Waals surface area contributed by atoms with Crippen LogP contribution in [0.2, 0.25) is 0 Å². The first-order valence-corrected chi connectivity index (χ1v) is 13.6. The molecule has 1 fully saturated rings. The van der Waals surface area contributed by atoms with Crippen molar-refractivity contribution < 1.29 is 18.3 Å². The molecule has 0 aliphatic heterocycles. The zero-order valence-electron chi connectivity index (χ0n) is 21.7. The van der Waals surface area contributed by atoms with Crippen LogP contribution in [0.25, 0.3) is 11.4 Å². The molecule has 3 aromatic rings. The van der Waals surface area contributed by atoms with Gasteiger partial charge in [-0.05, 0) is 54.0 Å². The van der Waals surface area contributed by atoms with Crippen molar-refractivity contribution in [3.63, 3.8) is 0 Å². The molecular formula is C28H34F2N4O2S. The number of nitrogens with zero attached hydrogens (tertiary/aromatic N) is 3. The molecule has 0 spiro atoms. The third-order valence-corrected chi connectivity index (χ3v) is 7.71. The van der Waals surface area contributed by atoms with Gasteiger partial charge in [-0.1, -0.05) is 76.6 Å². The molecule has 2 atom stereocenters. The minimum atomic E-state index is -2.89. The van der Waals surface area contributed by atoms with E-state index >= 15 is 0 Å². The number of aromatic nitrogens is 3. The second kappa shape index (κ2) is 11.6. The maximum absolute atomic E-state index is 12.7. The van der Waals surface area contributed by atoms with E-state index < -0.39 is 6.61 Å². The maximum Gasteiger partial charge on any atom is 0.387 e. The smallest absolute Gasteiger partial charge is 0.387 e. The van der Waals surface area contributed by atoms with Crippen LogP contribution in [0, 0.1) is 5.92 Å². The Bertz CT molecular complexity index is 1190. The van der Waals surface area contributed by atoms with Crippen LogP contribution in [0.3, 0.4) is 0 Å². The summed E-state index contributed by atoms with van der Waals surface area (Å²) in [7, 11) is 0. The normalized spacial score (nSPS) is 18.1. The quantitative estimate of drug-likeness (QED) is 0.310. The lowest BCUT2D eigenvalue weighted by molar-refractivity contribution is -0.113. The number of hydrogen-bond donors (Lipinski definition) is 1. The van der Waals surface area contributed by atoms with Crippen LogP contribution in [-0.4, -0.2) is 33.0 Å². The summed E-state index contributed by atoms with van der Waals surface area (Å²) in [4.78, 5) is 12.7. The lowest BCUT2D eigenvalue weighted by Gasteiger charge is -2.31. The number of nitrogens with one attached hydrogen (secondary N) is 1. The molecule has 0 unspecified atom stereocenters. The van der Waals surface area contributed by atoms with Gasteiger partial charge >= 0.3 is 6.61 Å². The van der Waals surface area contributed by atoms with Crippen LogP contribution in [-0.2, 0) is 10.2 Å². The summed E-state index contributed by atoms with van der Waals surface area (Å²) in [5.41, 5.74) is 2.85. The van der Waals surface area contributed by atoms with Gasteiger partial charge in [0.15, 0.2) is 11.0 Å². The first kappa shape index (κ1) is 27.1. The fourth-order valence-electron chi connectivity index (χ4n) is 4.72. The number of halogens is 2. The molecule has 37 heavy (non-hydrogen) atoms. The van der Waals surface area contributed by atoms with E-state index in [-0.39, 0.29) is 28.9 Å². The van der Waals surface area contributed by atoms with Gasteiger partial charge in [-0.25, -0.2) is 0 Å². The average Bonchev–Trinajstić information content (AvgIpc) is 3.27. The molecule has 1 amide bonds. The topological polar surface area (TPSA) is 69.0 Å². The van der Waals surface area contributed by atoms with Gasteiger partial charge in [-0.15, -0.1) is 10.2 Å². The molecule has 2 aromatic carbocycles. The minimum Gasteiger partial charge on any atom is -0.435 e. The summed E-state index contributed by atoms with van der Waals surface area (Å²) in [5.74, 6) is 1.29. The number of carbonyl (C=O) groups is 1. The Morgan fingerprint density at radius 2 is 1.76 bits per heavy atom. The number of rotatable bonds is 8. The number of anilines is 1. The predicted octanol–water partition coefficient (Wildman–Crippen LogP) is 7.33. The Labute approximate surface area is 221 Å². The van der Waals surface area contributed by atoms with Crippen molar-refractivity contribution in [2.75, 3.05) is 11.1 Å². The number of amides is 1. The molecular weight excluding hydrogens is 494 g/mol. The van der Waals surface area contributed by atoms with Gasteiger partial charge in [-0.3, -0.25) is 9.36 Å². The molecule has 4 rings (SSSR count). The molecule has 1 aliphatic rings. The summed E-state index contributed by atoms with van der Waals surface area (Å²) in [5, 5.41) is 12.6.